The van der Waals surface area contributed by atoms with Gasteiger partial charge in [-0.15, -0.1) is 0 Å². The number of aromatic amines is 1. The molecule has 0 bridgehead atoms. The highest BCUT2D eigenvalue weighted by Crippen LogP contribution is 2.38. The number of fused-ring (bicyclic) bond motifs is 2. The van der Waals surface area contributed by atoms with Crippen LogP contribution in [0.15, 0.2) is 43.1 Å². The van der Waals surface area contributed by atoms with Crippen molar-refractivity contribution in [3.8, 4) is 0 Å². The lowest BCUT2D eigenvalue weighted by molar-refractivity contribution is 0.0615. The van der Waals surface area contributed by atoms with Gasteiger partial charge in [-0.1, -0.05) is 6.42 Å². The van der Waals surface area contributed by atoms with Gasteiger partial charge in [-0.25, -0.2) is 23.9 Å². The van der Waals surface area contributed by atoms with E-state index in [1.165, 1.54) is 12.5 Å². The van der Waals surface area contributed by atoms with Crippen molar-refractivity contribution in [3.63, 3.8) is 0 Å². The molecule has 0 spiro atoms. The summed E-state index contributed by atoms with van der Waals surface area (Å²) in [5.74, 6) is 0.522. The van der Waals surface area contributed by atoms with E-state index in [2.05, 4.69) is 25.0 Å². The minimum absolute atomic E-state index is 0.302. The fourth-order valence-corrected chi connectivity index (χ4v) is 4.59. The van der Waals surface area contributed by atoms with Crippen molar-refractivity contribution in [2.75, 3.05) is 11.4 Å². The first kappa shape index (κ1) is 18.4. The molecule has 1 saturated carbocycles. The number of halogens is 1. The smallest absolute Gasteiger partial charge is 0.226 e. The number of aliphatic hydroxyl groups excluding tert-OH is 1. The highest BCUT2D eigenvalue weighted by Gasteiger charge is 2.35. The van der Waals surface area contributed by atoms with Gasteiger partial charge in [-0.05, 0) is 37.0 Å². The van der Waals surface area contributed by atoms with E-state index < -0.39 is 6.10 Å². The predicted molar refractivity (Wildman–Crippen MR) is 111 cm³/mol. The lowest BCUT2D eigenvalue weighted by atomic mass is 9.79. The third-order valence-electron chi connectivity index (χ3n) is 6.53. The number of aliphatic hydroxyl groups is 1. The van der Waals surface area contributed by atoms with Crippen molar-refractivity contribution in [2.45, 2.75) is 37.8 Å². The van der Waals surface area contributed by atoms with Gasteiger partial charge in [-0.3, -0.25) is 0 Å². The molecule has 4 aromatic rings. The van der Waals surface area contributed by atoms with E-state index in [0.717, 1.165) is 36.2 Å². The molecule has 0 radical (unpaired) electrons. The number of hydrogen-bond acceptors (Lipinski definition) is 6. The number of anilines is 1. The van der Waals surface area contributed by atoms with Crippen LogP contribution in [0.2, 0.25) is 0 Å². The number of aromatic nitrogens is 6. The fraction of sp³-hybridized carbons (Fsp3) is 0.364. The summed E-state index contributed by atoms with van der Waals surface area (Å²) in [5.41, 5.74) is 3.73. The molecule has 8 nitrogen and oxygen atoms in total. The van der Waals surface area contributed by atoms with Crippen molar-refractivity contribution >= 4 is 11.5 Å². The third-order valence-corrected chi connectivity index (χ3v) is 6.53. The van der Waals surface area contributed by atoms with Crippen LogP contribution in [0.3, 0.4) is 0 Å². The zero-order chi connectivity index (χ0) is 20.9. The molecule has 6 rings (SSSR count). The Morgan fingerprint density at radius 2 is 2.03 bits per heavy atom. The van der Waals surface area contributed by atoms with Gasteiger partial charge in [0.15, 0.2) is 0 Å². The van der Waals surface area contributed by atoms with Crippen molar-refractivity contribution in [3.05, 3.63) is 71.6 Å². The van der Waals surface area contributed by atoms with Crippen LogP contribution in [0.5, 0.6) is 0 Å². The second-order valence-corrected chi connectivity index (χ2v) is 8.32. The van der Waals surface area contributed by atoms with Crippen LogP contribution in [0.1, 0.15) is 54.1 Å². The second kappa shape index (κ2) is 7.12. The maximum absolute atomic E-state index is 14.3. The molecule has 1 aliphatic heterocycles. The molecule has 0 aromatic carbocycles. The largest absolute Gasteiger partial charge is 0.388 e. The Bertz CT molecular complexity index is 1230. The van der Waals surface area contributed by atoms with Gasteiger partial charge in [0.05, 0.1) is 23.8 Å². The summed E-state index contributed by atoms with van der Waals surface area (Å²) in [6, 6.07) is 4.48. The van der Waals surface area contributed by atoms with E-state index in [1.54, 1.807) is 41.6 Å². The first-order valence-electron chi connectivity index (χ1n) is 10.6. The number of hydrogen-bond donors (Lipinski definition) is 2. The molecule has 2 aliphatic rings. The van der Waals surface area contributed by atoms with Crippen LogP contribution in [0.25, 0.3) is 5.52 Å². The summed E-state index contributed by atoms with van der Waals surface area (Å²) < 4.78 is 15.8. The summed E-state index contributed by atoms with van der Waals surface area (Å²) in [4.78, 5) is 18.9. The van der Waals surface area contributed by atoms with E-state index in [-0.39, 0.29) is 11.9 Å². The third kappa shape index (κ3) is 2.99. The molecule has 4 aromatic heterocycles. The van der Waals surface area contributed by atoms with Crippen LogP contribution < -0.4 is 4.90 Å². The molecule has 2 atom stereocenters. The molecule has 158 valence electrons. The van der Waals surface area contributed by atoms with Gasteiger partial charge in [0.1, 0.15) is 17.4 Å². The van der Waals surface area contributed by atoms with Gasteiger partial charge in [0.25, 0.3) is 0 Å². The molecule has 1 aliphatic carbocycles. The molecule has 9 heteroatoms. The van der Waals surface area contributed by atoms with E-state index in [9.17, 15) is 9.50 Å². The van der Waals surface area contributed by atoms with Gasteiger partial charge in [-0.2, -0.15) is 5.10 Å². The Morgan fingerprint density at radius 1 is 1.19 bits per heavy atom. The maximum Gasteiger partial charge on any atom is 0.226 e. The van der Waals surface area contributed by atoms with Crippen LogP contribution >= 0.6 is 0 Å². The molecular formula is C22H22FN7O. The van der Waals surface area contributed by atoms with Gasteiger partial charge < -0.3 is 15.0 Å². The average Bonchev–Trinajstić information content (AvgIpc) is 3.39. The predicted octanol–water partition coefficient (Wildman–Crippen LogP) is 2.97. The topological polar surface area (TPSA) is 95.2 Å². The van der Waals surface area contributed by atoms with Crippen LogP contribution in [0, 0.1) is 11.7 Å². The first-order chi connectivity index (χ1) is 15.2. The summed E-state index contributed by atoms with van der Waals surface area (Å²) in [7, 11) is 0. The number of nitrogens with zero attached hydrogens (tertiary/aromatic N) is 6. The normalized spacial score (nSPS) is 19.9. The van der Waals surface area contributed by atoms with E-state index in [0.29, 0.717) is 29.6 Å². The molecule has 0 unspecified atom stereocenters. The number of nitrogens with one attached hydrogen (secondary N) is 1. The lowest BCUT2D eigenvalue weighted by Crippen LogP contribution is -2.37. The highest BCUT2D eigenvalue weighted by atomic mass is 19.1. The Labute approximate surface area is 177 Å². The Balaban J connectivity index is 1.39. The molecule has 2 N–H and O–H groups in total. The zero-order valence-electron chi connectivity index (χ0n) is 16.8. The number of H-pyrrole nitrogens is 1. The van der Waals surface area contributed by atoms with E-state index in [1.807, 2.05) is 4.90 Å². The molecule has 5 heterocycles. The quantitative estimate of drug-likeness (QED) is 0.528. The minimum Gasteiger partial charge on any atom is -0.388 e. The molecule has 1 fully saturated rings. The number of pyridine rings is 1. The SMILES string of the molecule is O[C@H](c1cnc(N2CCc3[nH]cnc3[C@H]2c2cc3c(F)cccn3n2)nc1)C1CCC1. The van der Waals surface area contributed by atoms with Gasteiger partial charge in [0.2, 0.25) is 5.95 Å². The number of imidazole rings is 1. The van der Waals surface area contributed by atoms with Crippen molar-refractivity contribution in [2.24, 2.45) is 5.92 Å². The monoisotopic (exact) mass is 419 g/mol. The van der Waals surface area contributed by atoms with E-state index >= 15 is 0 Å². The summed E-state index contributed by atoms with van der Waals surface area (Å²) in [6.45, 7) is 0.667. The summed E-state index contributed by atoms with van der Waals surface area (Å²) >= 11 is 0. The van der Waals surface area contributed by atoms with Crippen LogP contribution in [-0.2, 0) is 6.42 Å². The minimum atomic E-state index is -0.515. The molecule has 31 heavy (non-hydrogen) atoms. The standard InChI is InChI=1S/C22H22FN7O/c23-15-5-2-7-30-18(15)9-17(28-30)20-19-16(26-12-27-19)6-8-29(20)22-24-10-14(11-25-22)21(31)13-3-1-4-13/h2,5,7,9-13,20-21,31H,1,3-4,6,8H2,(H,26,27)/t20-,21+/m1/s1. The average molecular weight is 419 g/mol. The summed E-state index contributed by atoms with van der Waals surface area (Å²) in [6.07, 6.45) is 10.3. The van der Waals surface area contributed by atoms with Crippen molar-refractivity contribution in [1.29, 1.82) is 0 Å². The zero-order valence-corrected chi connectivity index (χ0v) is 16.8. The van der Waals surface area contributed by atoms with Crippen molar-refractivity contribution in [1.82, 2.24) is 29.5 Å². The second-order valence-electron chi connectivity index (χ2n) is 8.32. The molecule has 0 amide bonds. The summed E-state index contributed by atoms with van der Waals surface area (Å²) in [5, 5.41) is 15.1. The Hall–Kier alpha value is -3.33. The Morgan fingerprint density at radius 3 is 2.77 bits per heavy atom. The van der Waals surface area contributed by atoms with Crippen molar-refractivity contribution < 1.29 is 9.50 Å². The molecular weight excluding hydrogens is 397 g/mol. The van der Waals surface area contributed by atoms with Gasteiger partial charge >= 0.3 is 0 Å². The lowest BCUT2D eigenvalue weighted by Gasteiger charge is -2.34. The van der Waals surface area contributed by atoms with Crippen LogP contribution in [0.4, 0.5) is 10.3 Å². The fourth-order valence-electron chi connectivity index (χ4n) is 4.59. The van der Waals surface area contributed by atoms with Crippen LogP contribution in [-0.4, -0.2) is 41.2 Å². The number of rotatable bonds is 4. The van der Waals surface area contributed by atoms with E-state index in [4.69, 9.17) is 0 Å². The van der Waals surface area contributed by atoms with Gasteiger partial charge in [0, 0.05) is 42.8 Å². The molecule has 0 saturated heterocycles. The first-order valence-corrected chi connectivity index (χ1v) is 10.6. The highest BCUT2D eigenvalue weighted by molar-refractivity contribution is 5.53. The maximum atomic E-state index is 14.3. The Kier molecular flexibility index (Phi) is 4.24.